The summed E-state index contributed by atoms with van der Waals surface area (Å²) in [4.78, 5) is 10.9. The molecule has 3 aromatic carbocycles. The molecular weight excluding hydrogens is 370 g/mol. The SMILES string of the molecule is O=C(O)C=Cc1cccc(-n2c(-c3ccccc3)cc3c2CCc2ccccc2-3)c1. The summed E-state index contributed by atoms with van der Waals surface area (Å²) in [6, 6.07) is 29.4. The van der Waals surface area contributed by atoms with Crippen LogP contribution in [0.15, 0.2) is 91.0 Å². The van der Waals surface area contributed by atoms with Crippen molar-refractivity contribution in [2.75, 3.05) is 0 Å². The maximum atomic E-state index is 10.9. The van der Waals surface area contributed by atoms with E-state index in [1.54, 1.807) is 6.08 Å². The van der Waals surface area contributed by atoms with Crippen molar-refractivity contribution in [1.82, 2.24) is 4.57 Å². The highest BCUT2D eigenvalue weighted by atomic mass is 16.4. The molecule has 1 N–H and O–H groups in total. The fraction of sp³-hybridized carbons (Fsp3) is 0.0741. The van der Waals surface area contributed by atoms with Gasteiger partial charge < -0.3 is 9.67 Å². The first-order valence-electron chi connectivity index (χ1n) is 10.1. The lowest BCUT2D eigenvalue weighted by Crippen LogP contribution is -2.08. The van der Waals surface area contributed by atoms with Crippen LogP contribution < -0.4 is 0 Å². The van der Waals surface area contributed by atoms with Gasteiger partial charge in [-0.1, -0.05) is 66.7 Å². The van der Waals surface area contributed by atoms with Gasteiger partial charge in [-0.05, 0) is 59.4 Å². The predicted octanol–water partition coefficient (Wildman–Crippen LogP) is 6.01. The van der Waals surface area contributed by atoms with Gasteiger partial charge in [-0.25, -0.2) is 4.79 Å². The monoisotopic (exact) mass is 391 g/mol. The van der Waals surface area contributed by atoms with Crippen molar-refractivity contribution in [3.8, 4) is 28.1 Å². The second-order valence-corrected chi connectivity index (χ2v) is 7.52. The number of carboxylic acids is 1. The number of carbonyl (C=O) groups is 1. The van der Waals surface area contributed by atoms with Crippen molar-refractivity contribution in [3.05, 3.63) is 108 Å². The van der Waals surface area contributed by atoms with Gasteiger partial charge in [-0.2, -0.15) is 0 Å². The summed E-state index contributed by atoms with van der Waals surface area (Å²) in [5, 5.41) is 8.98. The molecule has 30 heavy (non-hydrogen) atoms. The first kappa shape index (κ1) is 18.2. The third-order valence-corrected chi connectivity index (χ3v) is 5.66. The lowest BCUT2D eigenvalue weighted by Gasteiger charge is -2.20. The molecule has 0 spiro atoms. The van der Waals surface area contributed by atoms with Gasteiger partial charge >= 0.3 is 5.97 Å². The molecule has 0 saturated heterocycles. The van der Waals surface area contributed by atoms with E-state index in [1.165, 1.54) is 28.5 Å². The Labute approximate surface area is 175 Å². The summed E-state index contributed by atoms with van der Waals surface area (Å²) < 4.78 is 2.33. The maximum absolute atomic E-state index is 10.9. The van der Waals surface area contributed by atoms with Gasteiger partial charge in [0.15, 0.2) is 0 Å². The first-order valence-corrected chi connectivity index (χ1v) is 10.1. The Morgan fingerprint density at radius 3 is 2.47 bits per heavy atom. The van der Waals surface area contributed by atoms with Gasteiger partial charge in [0.2, 0.25) is 0 Å². The first-order chi connectivity index (χ1) is 14.7. The molecule has 0 fully saturated rings. The molecule has 3 nitrogen and oxygen atoms in total. The minimum absolute atomic E-state index is 0.868. The van der Waals surface area contributed by atoms with Crippen LogP contribution in [0.1, 0.15) is 16.8 Å². The van der Waals surface area contributed by atoms with E-state index in [9.17, 15) is 4.79 Å². The zero-order chi connectivity index (χ0) is 20.5. The maximum Gasteiger partial charge on any atom is 0.328 e. The topological polar surface area (TPSA) is 42.2 Å². The molecule has 5 rings (SSSR count). The zero-order valence-electron chi connectivity index (χ0n) is 16.5. The van der Waals surface area contributed by atoms with Crippen molar-refractivity contribution in [2.24, 2.45) is 0 Å². The van der Waals surface area contributed by atoms with E-state index in [2.05, 4.69) is 65.2 Å². The highest BCUT2D eigenvalue weighted by Crippen LogP contribution is 2.40. The van der Waals surface area contributed by atoms with Crippen LogP contribution in [-0.2, 0) is 17.6 Å². The molecule has 0 aliphatic heterocycles. The number of rotatable bonds is 4. The third kappa shape index (κ3) is 3.25. The lowest BCUT2D eigenvalue weighted by molar-refractivity contribution is -0.131. The molecule has 0 amide bonds. The van der Waals surface area contributed by atoms with Crippen LogP contribution in [-0.4, -0.2) is 15.6 Å². The van der Waals surface area contributed by atoms with Gasteiger partial charge in [0, 0.05) is 23.0 Å². The van der Waals surface area contributed by atoms with Crippen molar-refractivity contribution >= 4 is 12.0 Å². The number of aliphatic carboxylic acids is 1. The molecule has 1 aromatic heterocycles. The molecule has 4 aromatic rings. The van der Waals surface area contributed by atoms with E-state index in [0.717, 1.165) is 35.3 Å². The Balaban J connectivity index is 1.74. The van der Waals surface area contributed by atoms with Gasteiger partial charge in [-0.3, -0.25) is 0 Å². The van der Waals surface area contributed by atoms with Crippen LogP contribution in [0.4, 0.5) is 0 Å². The van der Waals surface area contributed by atoms with Crippen molar-refractivity contribution < 1.29 is 9.90 Å². The Bertz CT molecular complexity index is 1270. The number of aryl methyl sites for hydroxylation is 1. The molecule has 1 aliphatic rings. The number of nitrogens with zero attached hydrogens (tertiary/aromatic N) is 1. The number of hydrogen-bond donors (Lipinski definition) is 1. The second kappa shape index (κ2) is 7.53. The summed E-state index contributed by atoms with van der Waals surface area (Å²) >= 11 is 0. The number of benzene rings is 3. The molecule has 0 saturated carbocycles. The smallest absolute Gasteiger partial charge is 0.328 e. The molecule has 146 valence electrons. The molecule has 0 radical (unpaired) electrons. The number of carboxylic acid groups (broad SMARTS) is 1. The summed E-state index contributed by atoms with van der Waals surface area (Å²) in [6.07, 6.45) is 4.80. The highest BCUT2D eigenvalue weighted by molar-refractivity contribution is 5.85. The second-order valence-electron chi connectivity index (χ2n) is 7.52. The van der Waals surface area contributed by atoms with Crippen molar-refractivity contribution in [1.29, 1.82) is 0 Å². The van der Waals surface area contributed by atoms with Gasteiger partial charge in [0.1, 0.15) is 0 Å². The molecule has 0 atom stereocenters. The third-order valence-electron chi connectivity index (χ3n) is 5.66. The largest absolute Gasteiger partial charge is 0.478 e. The quantitative estimate of drug-likeness (QED) is 0.433. The standard InChI is InChI=1S/C27H21NO2/c29-27(30)16-13-19-7-6-11-22(17-19)28-25-15-14-20-8-4-5-12-23(20)24(25)18-26(28)21-9-2-1-3-10-21/h1-13,16-18H,14-15H2,(H,29,30). The van der Waals surface area contributed by atoms with E-state index in [1.807, 2.05) is 24.3 Å². The number of hydrogen-bond acceptors (Lipinski definition) is 1. The summed E-state index contributed by atoms with van der Waals surface area (Å²) in [5.41, 5.74) is 9.49. The van der Waals surface area contributed by atoms with E-state index < -0.39 is 5.97 Å². The van der Waals surface area contributed by atoms with E-state index in [0.29, 0.717) is 0 Å². The molecule has 3 heteroatoms. The van der Waals surface area contributed by atoms with Gasteiger partial charge in [-0.15, -0.1) is 0 Å². The van der Waals surface area contributed by atoms with Crippen LogP contribution in [0, 0.1) is 0 Å². The van der Waals surface area contributed by atoms with E-state index in [4.69, 9.17) is 5.11 Å². The molecule has 1 aliphatic carbocycles. The van der Waals surface area contributed by atoms with Crippen LogP contribution >= 0.6 is 0 Å². The fourth-order valence-corrected chi connectivity index (χ4v) is 4.34. The number of aromatic nitrogens is 1. The molecular formula is C27H21NO2. The normalized spacial score (nSPS) is 12.5. The van der Waals surface area contributed by atoms with Crippen molar-refractivity contribution in [3.63, 3.8) is 0 Å². The van der Waals surface area contributed by atoms with E-state index >= 15 is 0 Å². The molecule has 0 unspecified atom stereocenters. The van der Waals surface area contributed by atoms with Crippen LogP contribution in [0.5, 0.6) is 0 Å². The summed E-state index contributed by atoms with van der Waals surface area (Å²) in [5.74, 6) is -0.944. The fourth-order valence-electron chi connectivity index (χ4n) is 4.34. The summed E-state index contributed by atoms with van der Waals surface area (Å²) in [7, 11) is 0. The van der Waals surface area contributed by atoms with Crippen LogP contribution in [0.2, 0.25) is 0 Å². The Morgan fingerprint density at radius 2 is 1.63 bits per heavy atom. The minimum Gasteiger partial charge on any atom is -0.478 e. The Hall–Kier alpha value is -3.85. The average molecular weight is 391 g/mol. The Morgan fingerprint density at radius 1 is 0.833 bits per heavy atom. The van der Waals surface area contributed by atoms with Crippen LogP contribution in [0.25, 0.3) is 34.1 Å². The Kier molecular flexibility index (Phi) is 4.56. The van der Waals surface area contributed by atoms with E-state index in [-0.39, 0.29) is 0 Å². The zero-order valence-corrected chi connectivity index (χ0v) is 16.5. The number of fused-ring (bicyclic) bond motifs is 3. The van der Waals surface area contributed by atoms with Gasteiger partial charge in [0.25, 0.3) is 0 Å². The summed E-state index contributed by atoms with van der Waals surface area (Å²) in [6.45, 7) is 0. The highest BCUT2D eigenvalue weighted by Gasteiger charge is 2.23. The van der Waals surface area contributed by atoms with Crippen LogP contribution in [0.3, 0.4) is 0 Å². The molecule has 1 heterocycles. The van der Waals surface area contributed by atoms with Crippen molar-refractivity contribution in [2.45, 2.75) is 12.8 Å². The minimum atomic E-state index is -0.944. The predicted molar refractivity (Wildman–Crippen MR) is 121 cm³/mol. The average Bonchev–Trinajstić information content (AvgIpc) is 3.19. The molecule has 0 bridgehead atoms. The van der Waals surface area contributed by atoms with Gasteiger partial charge in [0.05, 0.1) is 5.69 Å². The lowest BCUT2D eigenvalue weighted by atomic mass is 9.90.